The highest BCUT2D eigenvalue weighted by molar-refractivity contribution is 7.21. The minimum atomic E-state index is 0.263. The van der Waals surface area contributed by atoms with E-state index in [1.54, 1.807) is 17.4 Å². The van der Waals surface area contributed by atoms with Gasteiger partial charge < -0.3 is 5.11 Å². The second kappa shape index (κ2) is 6.52. The summed E-state index contributed by atoms with van der Waals surface area (Å²) in [6.45, 7) is 0. The van der Waals surface area contributed by atoms with Gasteiger partial charge in [0.25, 0.3) is 0 Å². The number of thiazole rings is 1. The average Bonchev–Trinajstić information content (AvgIpc) is 3.26. The van der Waals surface area contributed by atoms with Crippen LogP contribution in [0.2, 0.25) is 0 Å². The van der Waals surface area contributed by atoms with Gasteiger partial charge in [-0.15, -0.1) is 11.3 Å². The average molecular weight is 428 g/mol. The number of hydrogen-bond acceptors (Lipinski definition) is 3. The molecule has 1 N–H and O–H groups in total. The summed E-state index contributed by atoms with van der Waals surface area (Å²) in [6.07, 6.45) is 0. The van der Waals surface area contributed by atoms with Gasteiger partial charge in [0.15, 0.2) is 0 Å². The van der Waals surface area contributed by atoms with Crippen molar-refractivity contribution in [3.8, 4) is 27.4 Å². The van der Waals surface area contributed by atoms with E-state index in [0.717, 1.165) is 20.8 Å². The van der Waals surface area contributed by atoms with Crippen LogP contribution in [0.1, 0.15) is 0 Å². The molecule has 2 nitrogen and oxygen atoms in total. The van der Waals surface area contributed by atoms with Crippen molar-refractivity contribution in [1.29, 1.82) is 0 Å². The highest BCUT2D eigenvalue weighted by Crippen LogP contribution is 2.41. The van der Waals surface area contributed by atoms with Crippen molar-refractivity contribution in [3.63, 3.8) is 0 Å². The van der Waals surface area contributed by atoms with Crippen LogP contribution in [0.3, 0.4) is 0 Å². The van der Waals surface area contributed by atoms with Crippen LogP contribution in [0, 0.1) is 0 Å². The molecule has 0 atom stereocenters. The number of aromatic nitrogens is 1. The molecule has 32 heavy (non-hydrogen) atoms. The number of hydrogen-bond donors (Lipinski definition) is 1. The van der Waals surface area contributed by atoms with E-state index in [-0.39, 0.29) is 5.75 Å². The minimum absolute atomic E-state index is 0.263. The van der Waals surface area contributed by atoms with Crippen LogP contribution < -0.4 is 0 Å². The lowest BCUT2D eigenvalue weighted by atomic mass is 9.90. The van der Waals surface area contributed by atoms with Crippen LogP contribution in [0.5, 0.6) is 5.75 Å². The molecule has 0 amide bonds. The summed E-state index contributed by atoms with van der Waals surface area (Å²) in [5.41, 5.74) is 4.14. The summed E-state index contributed by atoms with van der Waals surface area (Å²) >= 11 is 1.62. The Balaban J connectivity index is 1.46. The molecule has 3 heteroatoms. The highest BCUT2D eigenvalue weighted by atomic mass is 32.1. The second-order valence-corrected chi connectivity index (χ2v) is 9.22. The number of aromatic hydroxyl groups is 1. The first-order valence-electron chi connectivity index (χ1n) is 10.6. The lowest BCUT2D eigenvalue weighted by Gasteiger charge is -2.14. The fraction of sp³-hybridized carbons (Fsp3) is 0. The molecule has 7 rings (SSSR count). The fourth-order valence-corrected chi connectivity index (χ4v) is 5.89. The zero-order valence-electron chi connectivity index (χ0n) is 17.0. The van der Waals surface area contributed by atoms with Gasteiger partial charge in [-0.05, 0) is 67.7 Å². The quantitative estimate of drug-likeness (QED) is 0.282. The van der Waals surface area contributed by atoms with Gasteiger partial charge in [-0.2, -0.15) is 0 Å². The van der Waals surface area contributed by atoms with Crippen molar-refractivity contribution in [3.05, 3.63) is 97.1 Å². The first kappa shape index (κ1) is 17.7. The zero-order valence-corrected chi connectivity index (χ0v) is 17.9. The van der Waals surface area contributed by atoms with Gasteiger partial charge in [0.1, 0.15) is 10.8 Å². The van der Waals surface area contributed by atoms with E-state index >= 15 is 0 Å². The van der Waals surface area contributed by atoms with Gasteiger partial charge in [0, 0.05) is 0 Å². The van der Waals surface area contributed by atoms with Crippen LogP contribution in [0.15, 0.2) is 97.1 Å². The molecule has 0 radical (unpaired) electrons. The molecule has 6 aromatic carbocycles. The SMILES string of the molecule is Oc1ccccc1-c1nc2ccc(-c3ccc4ccc5cccc6ccc3c4c56)cc2s1. The maximum Gasteiger partial charge on any atom is 0.128 e. The van der Waals surface area contributed by atoms with Crippen LogP contribution in [-0.2, 0) is 0 Å². The second-order valence-electron chi connectivity index (χ2n) is 8.19. The van der Waals surface area contributed by atoms with Gasteiger partial charge in [-0.25, -0.2) is 4.98 Å². The van der Waals surface area contributed by atoms with Crippen molar-refractivity contribution in [2.75, 3.05) is 0 Å². The number of rotatable bonds is 2. The number of para-hydroxylation sites is 1. The maximum absolute atomic E-state index is 10.2. The molecule has 0 saturated carbocycles. The van der Waals surface area contributed by atoms with Crippen LogP contribution in [0.4, 0.5) is 0 Å². The predicted octanol–water partition coefficient (Wildman–Crippen LogP) is 8.23. The van der Waals surface area contributed by atoms with Crippen molar-refractivity contribution in [2.45, 2.75) is 0 Å². The van der Waals surface area contributed by atoms with Crippen molar-refractivity contribution in [2.24, 2.45) is 0 Å². The van der Waals surface area contributed by atoms with E-state index in [2.05, 4.69) is 72.8 Å². The lowest BCUT2D eigenvalue weighted by Crippen LogP contribution is -1.87. The normalized spacial score (nSPS) is 11.9. The third-order valence-corrected chi connectivity index (χ3v) is 7.41. The Bertz CT molecular complexity index is 1780. The Morgan fingerprint density at radius 2 is 1.38 bits per heavy atom. The first-order chi connectivity index (χ1) is 15.8. The van der Waals surface area contributed by atoms with Crippen LogP contribution in [0.25, 0.3) is 64.2 Å². The molecule has 0 spiro atoms. The Labute approximate surface area is 188 Å². The summed E-state index contributed by atoms with van der Waals surface area (Å²) < 4.78 is 1.12. The third kappa shape index (κ3) is 2.49. The van der Waals surface area contributed by atoms with E-state index in [1.807, 2.05) is 18.2 Å². The number of nitrogens with zero attached hydrogens (tertiary/aromatic N) is 1. The van der Waals surface area contributed by atoms with Gasteiger partial charge in [-0.3, -0.25) is 0 Å². The number of benzene rings is 6. The predicted molar refractivity (Wildman–Crippen MR) is 136 cm³/mol. The number of phenolic OH excluding ortho intramolecular Hbond substituents is 1. The van der Waals surface area contributed by atoms with E-state index in [0.29, 0.717) is 0 Å². The van der Waals surface area contributed by atoms with Gasteiger partial charge in [-0.1, -0.05) is 72.8 Å². The summed E-state index contributed by atoms with van der Waals surface area (Å²) in [5.74, 6) is 0.263. The maximum atomic E-state index is 10.2. The first-order valence-corrected chi connectivity index (χ1v) is 11.4. The van der Waals surface area contributed by atoms with Crippen LogP contribution in [-0.4, -0.2) is 10.1 Å². The van der Waals surface area contributed by atoms with Crippen molar-refractivity contribution >= 4 is 53.9 Å². The molecule has 7 aromatic rings. The fourth-order valence-electron chi connectivity index (χ4n) is 4.85. The molecule has 150 valence electrons. The smallest absolute Gasteiger partial charge is 0.128 e. The molecule has 0 bridgehead atoms. The molecular formula is C29H17NOS. The topological polar surface area (TPSA) is 33.1 Å². The molecule has 0 unspecified atom stereocenters. The standard InChI is InChI=1S/C29H17NOS/c31-25-7-2-1-6-23(25)29-30-24-15-12-20(16-26(24)32-29)21-13-10-19-9-8-17-4-3-5-18-11-14-22(21)28(19)27(17)18/h1-16,31H. The summed E-state index contributed by atoms with van der Waals surface area (Å²) in [4.78, 5) is 4.77. The molecule has 0 aliphatic carbocycles. The van der Waals surface area contributed by atoms with E-state index in [4.69, 9.17) is 4.98 Å². The minimum Gasteiger partial charge on any atom is -0.507 e. The van der Waals surface area contributed by atoms with Gasteiger partial charge >= 0.3 is 0 Å². The monoisotopic (exact) mass is 427 g/mol. The molecule has 0 saturated heterocycles. The van der Waals surface area contributed by atoms with Crippen molar-refractivity contribution in [1.82, 2.24) is 4.98 Å². The Morgan fingerprint density at radius 3 is 2.22 bits per heavy atom. The van der Waals surface area contributed by atoms with E-state index in [1.165, 1.54) is 43.4 Å². The Hall–Kier alpha value is -3.95. The summed E-state index contributed by atoms with van der Waals surface area (Å²) in [5, 5.41) is 18.9. The lowest BCUT2D eigenvalue weighted by molar-refractivity contribution is 0.477. The molecule has 1 aromatic heterocycles. The van der Waals surface area contributed by atoms with Gasteiger partial charge in [0.2, 0.25) is 0 Å². The van der Waals surface area contributed by atoms with Gasteiger partial charge in [0.05, 0.1) is 15.8 Å². The molecular weight excluding hydrogens is 410 g/mol. The van der Waals surface area contributed by atoms with E-state index in [9.17, 15) is 5.11 Å². The molecule has 0 aliphatic heterocycles. The van der Waals surface area contributed by atoms with E-state index < -0.39 is 0 Å². The highest BCUT2D eigenvalue weighted by Gasteiger charge is 2.14. The van der Waals surface area contributed by atoms with Crippen molar-refractivity contribution < 1.29 is 5.11 Å². The summed E-state index contributed by atoms with van der Waals surface area (Å²) in [6, 6.07) is 33.7. The summed E-state index contributed by atoms with van der Waals surface area (Å²) in [7, 11) is 0. The number of fused-ring (bicyclic) bond motifs is 1. The Morgan fingerprint density at radius 1 is 0.625 bits per heavy atom. The largest absolute Gasteiger partial charge is 0.507 e. The number of phenols is 1. The van der Waals surface area contributed by atoms with Crippen LogP contribution >= 0.6 is 11.3 Å². The molecule has 0 aliphatic rings. The molecule has 0 fully saturated rings. The Kier molecular flexibility index (Phi) is 3.61. The molecule has 1 heterocycles. The zero-order chi connectivity index (χ0) is 21.2. The third-order valence-electron chi connectivity index (χ3n) is 6.36.